The zero-order valence-electron chi connectivity index (χ0n) is 13.3. The van der Waals surface area contributed by atoms with Crippen LogP contribution in [-0.2, 0) is 11.3 Å². The number of hydrogen-bond acceptors (Lipinski definition) is 7. The molecule has 126 valence electrons. The van der Waals surface area contributed by atoms with E-state index in [1.165, 1.54) is 6.08 Å². The number of amides is 1. The highest BCUT2D eigenvalue weighted by atomic mass is 16.5. The maximum atomic E-state index is 11.8. The van der Waals surface area contributed by atoms with E-state index in [9.17, 15) is 4.79 Å². The first-order chi connectivity index (χ1) is 12.3. The Bertz CT molecular complexity index is 896. The minimum atomic E-state index is -0.263. The monoisotopic (exact) mass is 337 g/mol. The second-order valence-corrected chi connectivity index (χ2v) is 5.74. The van der Waals surface area contributed by atoms with Crippen LogP contribution < -0.4 is 5.32 Å². The second kappa shape index (κ2) is 6.68. The number of aromatic nitrogens is 4. The number of nitrogens with one attached hydrogen (secondary N) is 1. The van der Waals surface area contributed by atoms with Gasteiger partial charge in [-0.05, 0) is 30.5 Å². The van der Waals surface area contributed by atoms with Gasteiger partial charge < -0.3 is 14.4 Å². The summed E-state index contributed by atoms with van der Waals surface area (Å²) in [5, 5.41) is 10.5. The average Bonchev–Trinajstić information content (AvgIpc) is 3.19. The van der Waals surface area contributed by atoms with Crippen molar-refractivity contribution in [3.8, 4) is 11.5 Å². The van der Waals surface area contributed by atoms with Crippen molar-refractivity contribution in [2.45, 2.75) is 25.3 Å². The van der Waals surface area contributed by atoms with Crippen LogP contribution in [0.4, 0.5) is 0 Å². The Morgan fingerprint density at radius 3 is 3.04 bits per heavy atom. The fourth-order valence-corrected chi connectivity index (χ4v) is 2.25. The Hall–Kier alpha value is -3.29. The van der Waals surface area contributed by atoms with E-state index in [1.54, 1.807) is 24.5 Å². The van der Waals surface area contributed by atoms with Crippen LogP contribution in [0.15, 0.2) is 45.7 Å². The van der Waals surface area contributed by atoms with E-state index in [1.807, 2.05) is 12.1 Å². The van der Waals surface area contributed by atoms with Gasteiger partial charge in [0.2, 0.25) is 17.6 Å². The van der Waals surface area contributed by atoms with Crippen molar-refractivity contribution in [3.05, 3.63) is 53.9 Å². The summed E-state index contributed by atoms with van der Waals surface area (Å²) < 4.78 is 10.4. The van der Waals surface area contributed by atoms with Crippen LogP contribution in [0, 0.1) is 0 Å². The van der Waals surface area contributed by atoms with E-state index in [4.69, 9.17) is 9.05 Å². The lowest BCUT2D eigenvalue weighted by atomic mass is 10.2. The molecule has 0 aromatic carbocycles. The summed E-state index contributed by atoms with van der Waals surface area (Å²) in [5.41, 5.74) is 1.38. The van der Waals surface area contributed by atoms with E-state index in [0.717, 1.165) is 24.2 Å². The van der Waals surface area contributed by atoms with Gasteiger partial charge in [-0.1, -0.05) is 16.4 Å². The third kappa shape index (κ3) is 3.79. The van der Waals surface area contributed by atoms with E-state index in [2.05, 4.69) is 25.6 Å². The normalized spacial score (nSPS) is 14.1. The number of hydrogen-bond donors (Lipinski definition) is 1. The van der Waals surface area contributed by atoms with E-state index >= 15 is 0 Å². The fraction of sp³-hybridized carbons (Fsp3) is 0.235. The van der Waals surface area contributed by atoms with Crippen LogP contribution in [0.3, 0.4) is 0 Å². The summed E-state index contributed by atoms with van der Waals surface area (Å²) in [6.45, 7) is 0.135. The Morgan fingerprint density at radius 1 is 1.32 bits per heavy atom. The Morgan fingerprint density at radius 2 is 2.24 bits per heavy atom. The molecule has 1 fully saturated rings. The number of rotatable bonds is 6. The Kier molecular flexibility index (Phi) is 4.07. The van der Waals surface area contributed by atoms with Crippen molar-refractivity contribution >= 4 is 12.0 Å². The molecule has 0 radical (unpaired) electrons. The van der Waals surface area contributed by atoms with Gasteiger partial charge in [0.15, 0.2) is 5.69 Å². The predicted octanol–water partition coefficient (Wildman–Crippen LogP) is 2.33. The van der Waals surface area contributed by atoms with E-state index in [-0.39, 0.29) is 12.5 Å². The Labute approximate surface area is 142 Å². The van der Waals surface area contributed by atoms with Gasteiger partial charge in [-0.25, -0.2) is 0 Å². The van der Waals surface area contributed by atoms with Gasteiger partial charge in [0.1, 0.15) is 5.76 Å². The van der Waals surface area contributed by atoms with Crippen LogP contribution in [0.25, 0.3) is 17.6 Å². The third-order valence-corrected chi connectivity index (χ3v) is 3.73. The van der Waals surface area contributed by atoms with Crippen molar-refractivity contribution in [2.24, 2.45) is 0 Å². The highest BCUT2D eigenvalue weighted by molar-refractivity contribution is 5.91. The summed E-state index contributed by atoms with van der Waals surface area (Å²) in [7, 11) is 0. The number of carbonyl (C=O) groups is 1. The van der Waals surface area contributed by atoms with E-state index in [0.29, 0.717) is 23.3 Å². The molecule has 1 N–H and O–H groups in total. The predicted molar refractivity (Wildman–Crippen MR) is 86.9 cm³/mol. The van der Waals surface area contributed by atoms with Crippen molar-refractivity contribution < 1.29 is 13.8 Å². The van der Waals surface area contributed by atoms with Gasteiger partial charge in [-0.2, -0.15) is 4.98 Å². The maximum Gasteiger partial charge on any atom is 0.246 e. The van der Waals surface area contributed by atoms with Gasteiger partial charge in [-0.3, -0.25) is 9.78 Å². The summed E-state index contributed by atoms with van der Waals surface area (Å²) >= 11 is 0. The smallest absolute Gasteiger partial charge is 0.246 e. The molecule has 1 aliphatic carbocycles. The maximum absolute atomic E-state index is 11.8. The molecule has 8 heteroatoms. The number of nitrogens with zero attached hydrogens (tertiary/aromatic N) is 4. The zero-order chi connectivity index (χ0) is 17.1. The molecule has 3 aromatic heterocycles. The highest BCUT2D eigenvalue weighted by Gasteiger charge is 2.28. The molecular weight excluding hydrogens is 322 g/mol. The van der Waals surface area contributed by atoms with Crippen molar-refractivity contribution in [1.29, 1.82) is 0 Å². The zero-order valence-corrected chi connectivity index (χ0v) is 13.3. The van der Waals surface area contributed by atoms with Crippen LogP contribution in [0.2, 0.25) is 0 Å². The summed E-state index contributed by atoms with van der Waals surface area (Å²) in [5.74, 6) is 1.72. The first kappa shape index (κ1) is 15.3. The first-order valence-electron chi connectivity index (χ1n) is 7.93. The molecular formula is C17H15N5O3. The lowest BCUT2D eigenvalue weighted by molar-refractivity contribution is -0.116. The molecule has 3 heterocycles. The van der Waals surface area contributed by atoms with Gasteiger partial charge >= 0.3 is 0 Å². The lowest BCUT2D eigenvalue weighted by Crippen LogP contribution is -2.20. The van der Waals surface area contributed by atoms with E-state index < -0.39 is 0 Å². The molecule has 0 unspecified atom stereocenters. The molecule has 1 amide bonds. The summed E-state index contributed by atoms with van der Waals surface area (Å²) in [6.07, 6.45) is 8.70. The molecule has 1 saturated carbocycles. The fourth-order valence-electron chi connectivity index (χ4n) is 2.25. The first-order valence-corrected chi connectivity index (χ1v) is 7.93. The minimum absolute atomic E-state index is 0.135. The molecule has 25 heavy (non-hydrogen) atoms. The number of pyridine rings is 1. The molecule has 4 rings (SSSR count). The molecule has 0 atom stereocenters. The Balaban J connectivity index is 1.33. The van der Waals surface area contributed by atoms with Gasteiger partial charge in [0.25, 0.3) is 0 Å². The quantitative estimate of drug-likeness (QED) is 0.688. The molecule has 8 nitrogen and oxygen atoms in total. The van der Waals surface area contributed by atoms with Gasteiger partial charge in [0.05, 0.1) is 6.54 Å². The van der Waals surface area contributed by atoms with Crippen molar-refractivity contribution in [2.75, 3.05) is 0 Å². The minimum Gasteiger partial charge on any atom is -0.360 e. The standard InChI is InChI=1S/C17H15N5O3/c23-15(6-3-11-2-1-7-18-9-11)19-10-16-20-17(22-25-16)13-8-14(24-21-13)12-4-5-12/h1-3,6-9,12H,4-5,10H2,(H,19,23)/b6-3-. The van der Waals surface area contributed by atoms with Crippen LogP contribution in [0.1, 0.15) is 36.0 Å². The summed E-state index contributed by atoms with van der Waals surface area (Å²) in [6, 6.07) is 5.49. The van der Waals surface area contributed by atoms with Crippen molar-refractivity contribution in [3.63, 3.8) is 0 Å². The lowest BCUT2D eigenvalue weighted by Gasteiger charge is -1.96. The molecule has 3 aromatic rings. The average molecular weight is 337 g/mol. The number of carbonyl (C=O) groups excluding carboxylic acids is 1. The second-order valence-electron chi connectivity index (χ2n) is 5.74. The SMILES string of the molecule is O=C(/C=C\c1cccnc1)NCc1nc(-c2cc(C3CC3)on2)no1. The largest absolute Gasteiger partial charge is 0.360 e. The van der Waals surface area contributed by atoms with Crippen LogP contribution in [0.5, 0.6) is 0 Å². The topological polar surface area (TPSA) is 107 Å². The van der Waals surface area contributed by atoms with Crippen LogP contribution in [-0.4, -0.2) is 26.2 Å². The highest BCUT2D eigenvalue weighted by Crippen LogP contribution is 2.40. The molecule has 0 spiro atoms. The van der Waals surface area contributed by atoms with Gasteiger partial charge in [-0.15, -0.1) is 0 Å². The van der Waals surface area contributed by atoms with Gasteiger partial charge in [0, 0.05) is 30.5 Å². The molecule has 0 aliphatic heterocycles. The molecule has 0 saturated heterocycles. The molecule has 0 bridgehead atoms. The van der Waals surface area contributed by atoms with Crippen LogP contribution >= 0.6 is 0 Å². The third-order valence-electron chi connectivity index (χ3n) is 3.73. The molecule has 1 aliphatic rings. The van der Waals surface area contributed by atoms with Crippen molar-refractivity contribution in [1.82, 2.24) is 25.6 Å². The summed E-state index contributed by atoms with van der Waals surface area (Å²) in [4.78, 5) is 20.0.